The van der Waals surface area contributed by atoms with Crippen molar-refractivity contribution < 1.29 is 4.39 Å². The molecule has 1 saturated carbocycles. The lowest BCUT2D eigenvalue weighted by Gasteiger charge is -2.09. The van der Waals surface area contributed by atoms with Gasteiger partial charge in [0.25, 0.3) is 0 Å². The topological polar surface area (TPSA) is 29.9 Å². The molecule has 1 fully saturated rings. The smallest absolute Gasteiger partial charge is 0.151 e. The van der Waals surface area contributed by atoms with Crippen LogP contribution >= 0.6 is 0 Å². The van der Waals surface area contributed by atoms with Gasteiger partial charge in [0.15, 0.2) is 5.82 Å². The normalized spacial score (nSPS) is 15.4. The molecular formula is C16H22FN3. The van der Waals surface area contributed by atoms with Gasteiger partial charge in [0, 0.05) is 18.5 Å². The van der Waals surface area contributed by atoms with Crippen molar-refractivity contribution in [2.24, 2.45) is 0 Å². The SMILES string of the molecule is CC(C)NCCCc1nc2c(F)cccc2n1C1CC1. The summed E-state index contributed by atoms with van der Waals surface area (Å²) in [6, 6.07) is 6.31. The first-order valence-electron chi connectivity index (χ1n) is 7.55. The molecule has 0 spiro atoms. The van der Waals surface area contributed by atoms with Crippen molar-refractivity contribution in [1.82, 2.24) is 14.9 Å². The predicted octanol–water partition coefficient (Wildman–Crippen LogP) is 3.44. The zero-order valence-corrected chi connectivity index (χ0v) is 12.2. The van der Waals surface area contributed by atoms with Gasteiger partial charge < -0.3 is 9.88 Å². The number of aryl methyl sites for hydroxylation is 1. The van der Waals surface area contributed by atoms with Crippen LogP contribution in [0.1, 0.15) is 45.0 Å². The number of imidazole rings is 1. The first-order valence-corrected chi connectivity index (χ1v) is 7.55. The lowest BCUT2D eigenvalue weighted by Crippen LogP contribution is -2.24. The first-order chi connectivity index (χ1) is 9.66. The number of halogens is 1. The molecule has 0 radical (unpaired) electrons. The highest BCUT2D eigenvalue weighted by atomic mass is 19.1. The predicted molar refractivity (Wildman–Crippen MR) is 79.4 cm³/mol. The molecule has 3 rings (SSSR count). The zero-order valence-electron chi connectivity index (χ0n) is 12.2. The van der Waals surface area contributed by atoms with Crippen LogP contribution in [0.15, 0.2) is 18.2 Å². The molecule has 1 aromatic heterocycles. The van der Waals surface area contributed by atoms with E-state index in [2.05, 4.69) is 28.7 Å². The molecule has 0 aliphatic heterocycles. The van der Waals surface area contributed by atoms with Gasteiger partial charge in [-0.05, 0) is 37.9 Å². The molecule has 3 nitrogen and oxygen atoms in total. The lowest BCUT2D eigenvalue weighted by atomic mass is 10.2. The van der Waals surface area contributed by atoms with E-state index in [0.29, 0.717) is 17.6 Å². The summed E-state index contributed by atoms with van der Waals surface area (Å²) in [4.78, 5) is 4.55. The zero-order chi connectivity index (χ0) is 14.1. The van der Waals surface area contributed by atoms with Gasteiger partial charge in [-0.15, -0.1) is 0 Å². The Balaban J connectivity index is 1.82. The molecule has 0 saturated heterocycles. The fraction of sp³-hybridized carbons (Fsp3) is 0.562. The molecule has 20 heavy (non-hydrogen) atoms. The highest BCUT2D eigenvalue weighted by Gasteiger charge is 2.28. The summed E-state index contributed by atoms with van der Waals surface area (Å²) >= 11 is 0. The summed E-state index contributed by atoms with van der Waals surface area (Å²) in [5.41, 5.74) is 1.49. The summed E-state index contributed by atoms with van der Waals surface area (Å²) in [5, 5.41) is 3.41. The van der Waals surface area contributed by atoms with Gasteiger partial charge in [-0.3, -0.25) is 0 Å². The molecular weight excluding hydrogens is 253 g/mol. The van der Waals surface area contributed by atoms with Crippen LogP contribution in [0.2, 0.25) is 0 Å². The van der Waals surface area contributed by atoms with E-state index in [-0.39, 0.29) is 5.82 Å². The highest BCUT2D eigenvalue weighted by Crippen LogP contribution is 2.39. The molecule has 1 aliphatic carbocycles. The van der Waals surface area contributed by atoms with E-state index in [1.807, 2.05) is 6.07 Å². The van der Waals surface area contributed by atoms with Crippen molar-refractivity contribution in [3.05, 3.63) is 29.8 Å². The summed E-state index contributed by atoms with van der Waals surface area (Å²) in [5.74, 6) is 0.835. The van der Waals surface area contributed by atoms with Crippen LogP contribution in [0.3, 0.4) is 0 Å². The molecule has 0 amide bonds. The van der Waals surface area contributed by atoms with Crippen LogP contribution in [0.4, 0.5) is 4.39 Å². The van der Waals surface area contributed by atoms with E-state index in [0.717, 1.165) is 30.7 Å². The Morgan fingerprint density at radius 1 is 1.40 bits per heavy atom. The van der Waals surface area contributed by atoms with Gasteiger partial charge in [-0.25, -0.2) is 9.37 Å². The van der Waals surface area contributed by atoms with Crippen LogP contribution in [0.25, 0.3) is 11.0 Å². The van der Waals surface area contributed by atoms with Crippen molar-refractivity contribution in [2.75, 3.05) is 6.54 Å². The summed E-state index contributed by atoms with van der Waals surface area (Å²) in [7, 11) is 0. The average Bonchev–Trinajstić information content (AvgIpc) is 3.16. The van der Waals surface area contributed by atoms with Crippen LogP contribution in [0.5, 0.6) is 0 Å². The molecule has 1 aromatic carbocycles. The minimum Gasteiger partial charge on any atom is -0.325 e. The second kappa shape index (κ2) is 5.52. The van der Waals surface area contributed by atoms with Gasteiger partial charge in [-0.2, -0.15) is 0 Å². The standard InChI is InChI=1S/C16H22FN3/c1-11(2)18-10-4-7-15-19-16-13(17)5-3-6-14(16)20(15)12-8-9-12/h3,5-6,11-12,18H,4,7-10H2,1-2H3. The monoisotopic (exact) mass is 275 g/mol. The van der Waals surface area contributed by atoms with Gasteiger partial charge in [0.2, 0.25) is 0 Å². The van der Waals surface area contributed by atoms with E-state index in [9.17, 15) is 4.39 Å². The molecule has 108 valence electrons. The molecule has 2 aromatic rings. The first kappa shape index (κ1) is 13.6. The van der Waals surface area contributed by atoms with E-state index in [1.54, 1.807) is 6.07 Å². The van der Waals surface area contributed by atoms with Crippen molar-refractivity contribution in [1.29, 1.82) is 0 Å². The third-order valence-electron chi connectivity index (χ3n) is 3.79. The average molecular weight is 275 g/mol. The van der Waals surface area contributed by atoms with Gasteiger partial charge in [-0.1, -0.05) is 19.9 Å². The Hall–Kier alpha value is -1.42. The Kier molecular flexibility index (Phi) is 3.74. The maximum absolute atomic E-state index is 13.9. The van der Waals surface area contributed by atoms with Gasteiger partial charge >= 0.3 is 0 Å². The Labute approximate surface area is 119 Å². The number of hydrogen-bond donors (Lipinski definition) is 1. The van der Waals surface area contributed by atoms with Gasteiger partial charge in [0.1, 0.15) is 11.3 Å². The second-order valence-corrected chi connectivity index (χ2v) is 5.95. The number of rotatable bonds is 6. The number of fused-ring (bicyclic) bond motifs is 1. The quantitative estimate of drug-likeness (QED) is 0.818. The maximum Gasteiger partial charge on any atom is 0.151 e. The third-order valence-corrected chi connectivity index (χ3v) is 3.79. The number of nitrogens with zero attached hydrogens (tertiary/aromatic N) is 2. The highest BCUT2D eigenvalue weighted by molar-refractivity contribution is 5.77. The summed E-state index contributed by atoms with van der Waals surface area (Å²) in [6.45, 7) is 5.28. The number of benzene rings is 1. The van der Waals surface area contributed by atoms with Crippen molar-refractivity contribution in [3.8, 4) is 0 Å². The number of hydrogen-bond acceptors (Lipinski definition) is 2. The number of para-hydroxylation sites is 1. The van der Waals surface area contributed by atoms with E-state index >= 15 is 0 Å². The van der Waals surface area contributed by atoms with E-state index < -0.39 is 0 Å². The van der Waals surface area contributed by atoms with Crippen molar-refractivity contribution >= 4 is 11.0 Å². The Morgan fingerprint density at radius 2 is 2.20 bits per heavy atom. The van der Waals surface area contributed by atoms with Crippen molar-refractivity contribution in [3.63, 3.8) is 0 Å². The lowest BCUT2D eigenvalue weighted by molar-refractivity contribution is 0.559. The Bertz CT molecular complexity index is 599. The second-order valence-electron chi connectivity index (χ2n) is 5.95. The number of nitrogens with one attached hydrogen (secondary N) is 1. The Morgan fingerprint density at radius 3 is 2.90 bits per heavy atom. The van der Waals surface area contributed by atoms with Crippen LogP contribution < -0.4 is 5.32 Å². The summed E-state index contributed by atoms with van der Waals surface area (Å²) < 4.78 is 16.1. The van der Waals surface area contributed by atoms with E-state index in [4.69, 9.17) is 0 Å². The third kappa shape index (κ3) is 2.70. The largest absolute Gasteiger partial charge is 0.325 e. The molecule has 1 heterocycles. The number of aromatic nitrogens is 2. The molecule has 0 atom stereocenters. The summed E-state index contributed by atoms with van der Waals surface area (Å²) in [6.07, 6.45) is 4.33. The van der Waals surface area contributed by atoms with Crippen molar-refractivity contribution in [2.45, 2.75) is 51.6 Å². The van der Waals surface area contributed by atoms with Crippen LogP contribution in [-0.2, 0) is 6.42 Å². The molecule has 0 bridgehead atoms. The van der Waals surface area contributed by atoms with E-state index in [1.165, 1.54) is 18.9 Å². The maximum atomic E-state index is 13.9. The fourth-order valence-electron chi connectivity index (χ4n) is 2.68. The van der Waals surface area contributed by atoms with Crippen LogP contribution in [-0.4, -0.2) is 22.1 Å². The minimum atomic E-state index is -0.205. The fourth-order valence-corrected chi connectivity index (χ4v) is 2.68. The van der Waals surface area contributed by atoms with Crippen LogP contribution in [0, 0.1) is 5.82 Å². The molecule has 4 heteroatoms. The molecule has 0 unspecified atom stereocenters. The minimum absolute atomic E-state index is 0.205. The van der Waals surface area contributed by atoms with Gasteiger partial charge in [0.05, 0.1) is 5.52 Å². The molecule has 1 N–H and O–H groups in total. The molecule has 1 aliphatic rings.